The molecule has 0 aromatic carbocycles. The number of hydrogen-bond donors (Lipinski definition) is 1. The number of aromatic nitrogens is 3. The predicted octanol–water partition coefficient (Wildman–Crippen LogP) is 2.17. The van der Waals surface area contributed by atoms with Gasteiger partial charge in [-0.25, -0.2) is 4.99 Å². The fourth-order valence-electron chi connectivity index (χ4n) is 5.94. The molecule has 0 amide bonds. The molecule has 3 heterocycles. The zero-order valence-corrected chi connectivity index (χ0v) is 21.3. The van der Waals surface area contributed by atoms with Crippen molar-refractivity contribution in [2.45, 2.75) is 64.1 Å². The van der Waals surface area contributed by atoms with Gasteiger partial charge in [0.05, 0.1) is 6.10 Å². The van der Waals surface area contributed by atoms with Crippen molar-refractivity contribution >= 4 is 29.9 Å². The summed E-state index contributed by atoms with van der Waals surface area (Å²) in [4.78, 5) is 10.1. The summed E-state index contributed by atoms with van der Waals surface area (Å²) < 4.78 is 7.84. The zero-order chi connectivity index (χ0) is 20.5. The van der Waals surface area contributed by atoms with Crippen LogP contribution in [0.1, 0.15) is 50.2 Å². The maximum Gasteiger partial charge on any atom is 0.194 e. The monoisotopic (exact) mass is 543 g/mol. The Morgan fingerprint density at radius 3 is 2.58 bits per heavy atom. The second-order valence-corrected chi connectivity index (χ2v) is 9.64. The number of hydrogen-bond acceptors (Lipinski definition) is 5. The van der Waals surface area contributed by atoms with E-state index in [-0.39, 0.29) is 24.0 Å². The molecule has 2 saturated carbocycles. The van der Waals surface area contributed by atoms with Crippen LogP contribution in [0.2, 0.25) is 0 Å². The molecule has 0 spiro atoms. The number of piperazine rings is 1. The van der Waals surface area contributed by atoms with Gasteiger partial charge in [-0.3, -0.25) is 4.90 Å². The Hall–Kier alpha value is -0.940. The summed E-state index contributed by atoms with van der Waals surface area (Å²) in [5, 5.41) is 12.1. The number of fused-ring (bicyclic) bond motifs is 2. The Kier molecular flexibility index (Phi) is 7.74. The molecule has 1 aromatic heterocycles. The zero-order valence-electron chi connectivity index (χ0n) is 19.0. The van der Waals surface area contributed by atoms with E-state index >= 15 is 0 Å². The molecule has 9 heteroatoms. The van der Waals surface area contributed by atoms with Gasteiger partial charge in [-0.05, 0) is 50.9 Å². The quantitative estimate of drug-likeness (QED) is 0.349. The fraction of sp³-hybridized carbons (Fsp3) is 0.864. The van der Waals surface area contributed by atoms with Crippen molar-refractivity contribution in [3.63, 3.8) is 0 Å². The van der Waals surface area contributed by atoms with Gasteiger partial charge in [0.25, 0.3) is 0 Å². The highest BCUT2D eigenvalue weighted by Crippen LogP contribution is 2.46. The van der Waals surface area contributed by atoms with E-state index < -0.39 is 0 Å². The number of rotatable bonds is 5. The van der Waals surface area contributed by atoms with Crippen LogP contribution in [-0.4, -0.2) is 82.0 Å². The van der Waals surface area contributed by atoms with E-state index in [9.17, 15) is 0 Å². The molecule has 2 bridgehead atoms. The van der Waals surface area contributed by atoms with E-state index in [4.69, 9.17) is 9.73 Å². The van der Waals surface area contributed by atoms with Gasteiger partial charge in [0.2, 0.25) is 0 Å². The van der Waals surface area contributed by atoms with Crippen molar-refractivity contribution in [2.75, 3.05) is 39.3 Å². The molecule has 0 radical (unpaired) electrons. The van der Waals surface area contributed by atoms with E-state index in [0.29, 0.717) is 12.6 Å². The largest absolute Gasteiger partial charge is 0.376 e. The van der Waals surface area contributed by atoms with Gasteiger partial charge in [0.15, 0.2) is 11.8 Å². The van der Waals surface area contributed by atoms with Gasteiger partial charge in [-0.1, -0.05) is 6.42 Å². The highest BCUT2D eigenvalue weighted by Gasteiger charge is 2.42. The minimum Gasteiger partial charge on any atom is -0.376 e. The van der Waals surface area contributed by atoms with Crippen LogP contribution in [-0.2, 0) is 18.3 Å². The first kappa shape index (κ1) is 23.2. The molecule has 4 fully saturated rings. The highest BCUT2D eigenvalue weighted by molar-refractivity contribution is 14.0. The first-order chi connectivity index (χ1) is 14.7. The molecule has 2 aliphatic carbocycles. The molecule has 8 nitrogen and oxygen atoms in total. The van der Waals surface area contributed by atoms with Crippen LogP contribution in [0.25, 0.3) is 0 Å². The van der Waals surface area contributed by atoms with Gasteiger partial charge in [0, 0.05) is 52.4 Å². The van der Waals surface area contributed by atoms with Crippen LogP contribution in [0, 0.1) is 18.8 Å². The Bertz CT molecular complexity index is 755. The predicted molar refractivity (Wildman–Crippen MR) is 132 cm³/mol. The second kappa shape index (κ2) is 10.3. The van der Waals surface area contributed by atoms with Gasteiger partial charge in [0.1, 0.15) is 12.4 Å². The SMILES string of the molecule is Cc1nnc(CN=C(NCC2CCCO2)N2CCN(C3CC4CCC3C4)CC2)n1C.I. The third kappa shape index (κ3) is 5.19. The van der Waals surface area contributed by atoms with Crippen LogP contribution < -0.4 is 5.32 Å². The van der Waals surface area contributed by atoms with Crippen molar-refractivity contribution in [1.82, 2.24) is 29.9 Å². The Balaban J connectivity index is 0.00000231. The molecule has 1 aromatic rings. The first-order valence-corrected chi connectivity index (χ1v) is 11.9. The molecule has 2 saturated heterocycles. The number of nitrogens with zero attached hydrogens (tertiary/aromatic N) is 6. The number of ether oxygens (including phenoxy) is 1. The van der Waals surface area contributed by atoms with Gasteiger partial charge < -0.3 is 19.5 Å². The molecule has 4 aliphatic rings. The average molecular weight is 543 g/mol. The lowest BCUT2D eigenvalue weighted by molar-refractivity contribution is 0.0933. The smallest absolute Gasteiger partial charge is 0.194 e. The van der Waals surface area contributed by atoms with Crippen molar-refractivity contribution < 1.29 is 4.74 Å². The van der Waals surface area contributed by atoms with E-state index in [1.165, 1.54) is 32.1 Å². The lowest BCUT2D eigenvalue weighted by Gasteiger charge is -2.42. The van der Waals surface area contributed by atoms with Crippen molar-refractivity contribution in [1.29, 1.82) is 0 Å². The lowest BCUT2D eigenvalue weighted by Crippen LogP contribution is -2.56. The number of nitrogens with one attached hydrogen (secondary N) is 1. The molecule has 4 unspecified atom stereocenters. The van der Waals surface area contributed by atoms with E-state index in [2.05, 4.69) is 25.3 Å². The van der Waals surface area contributed by atoms with E-state index in [1.54, 1.807) is 0 Å². The van der Waals surface area contributed by atoms with Crippen LogP contribution >= 0.6 is 24.0 Å². The van der Waals surface area contributed by atoms with Crippen molar-refractivity contribution in [3.8, 4) is 0 Å². The number of halogens is 1. The van der Waals surface area contributed by atoms with Gasteiger partial charge in [-0.15, -0.1) is 34.2 Å². The molecule has 5 rings (SSSR count). The Morgan fingerprint density at radius 2 is 1.97 bits per heavy atom. The summed E-state index contributed by atoms with van der Waals surface area (Å²) >= 11 is 0. The molecule has 2 aliphatic heterocycles. The maximum absolute atomic E-state index is 5.82. The topological polar surface area (TPSA) is 70.8 Å². The number of aliphatic imine (C=N–C) groups is 1. The van der Waals surface area contributed by atoms with Gasteiger partial charge in [-0.2, -0.15) is 0 Å². The lowest BCUT2D eigenvalue weighted by atomic mass is 9.93. The van der Waals surface area contributed by atoms with Crippen molar-refractivity contribution in [2.24, 2.45) is 23.9 Å². The molecular weight excluding hydrogens is 505 g/mol. The van der Waals surface area contributed by atoms with Crippen LogP contribution in [0.3, 0.4) is 0 Å². The summed E-state index contributed by atoms with van der Waals surface area (Å²) in [7, 11) is 2.01. The minimum absolute atomic E-state index is 0. The first-order valence-electron chi connectivity index (χ1n) is 11.9. The number of guanidine groups is 1. The fourth-order valence-corrected chi connectivity index (χ4v) is 5.94. The molecule has 31 heavy (non-hydrogen) atoms. The second-order valence-electron chi connectivity index (χ2n) is 9.64. The summed E-state index contributed by atoms with van der Waals surface area (Å²) in [5.74, 6) is 4.81. The number of aryl methyl sites for hydroxylation is 1. The summed E-state index contributed by atoms with van der Waals surface area (Å²) in [6.45, 7) is 8.65. The van der Waals surface area contributed by atoms with E-state index in [1.807, 2.05) is 18.5 Å². The highest BCUT2D eigenvalue weighted by atomic mass is 127. The molecule has 4 atom stereocenters. The summed E-state index contributed by atoms with van der Waals surface area (Å²) in [6.07, 6.45) is 8.48. The van der Waals surface area contributed by atoms with E-state index in [0.717, 1.165) is 81.2 Å². The average Bonchev–Trinajstić information content (AvgIpc) is 3.57. The summed E-state index contributed by atoms with van der Waals surface area (Å²) in [6, 6.07) is 0.841. The summed E-state index contributed by atoms with van der Waals surface area (Å²) in [5.41, 5.74) is 0. The van der Waals surface area contributed by atoms with Crippen LogP contribution in [0.15, 0.2) is 4.99 Å². The van der Waals surface area contributed by atoms with Crippen molar-refractivity contribution in [3.05, 3.63) is 11.6 Å². The van der Waals surface area contributed by atoms with Crippen LogP contribution in [0.4, 0.5) is 0 Å². The minimum atomic E-state index is 0. The van der Waals surface area contributed by atoms with Crippen LogP contribution in [0.5, 0.6) is 0 Å². The standard InChI is InChI=1S/C22H37N7O.HI/c1-16-25-26-21(27(16)2)15-24-22(23-14-19-4-3-11-30-19)29-9-7-28(8-10-29)20-13-17-5-6-18(20)12-17;/h17-20H,3-15H2,1-2H3,(H,23,24);1H. The molecule has 1 N–H and O–H groups in total. The molecule has 174 valence electrons. The maximum atomic E-state index is 5.82. The Labute approximate surface area is 203 Å². The van der Waals surface area contributed by atoms with Gasteiger partial charge >= 0.3 is 0 Å². The Morgan fingerprint density at radius 1 is 1.13 bits per heavy atom. The molecular formula is C22H38IN7O. The third-order valence-corrected chi connectivity index (χ3v) is 7.85. The normalized spacial score (nSPS) is 31.3. The third-order valence-electron chi connectivity index (χ3n) is 7.85.